The van der Waals surface area contributed by atoms with Crippen LogP contribution in [0.2, 0.25) is 0 Å². The molecule has 0 spiro atoms. The molecule has 1 unspecified atom stereocenters. The summed E-state index contributed by atoms with van der Waals surface area (Å²) < 4.78 is 38.6. The number of likely N-dealkylation sites (tertiary alicyclic amines) is 1. The highest BCUT2D eigenvalue weighted by atomic mass is 19.1. The molecule has 1 aliphatic rings. The number of nitrogens with zero attached hydrogens (tertiary/aromatic N) is 1. The number of benzene rings is 2. The van der Waals surface area contributed by atoms with Gasteiger partial charge in [-0.15, -0.1) is 0 Å². The second kappa shape index (κ2) is 8.17. The summed E-state index contributed by atoms with van der Waals surface area (Å²) in [5, 5.41) is 0. The molecule has 2 aromatic carbocycles. The van der Waals surface area contributed by atoms with E-state index < -0.39 is 23.1 Å². The quantitative estimate of drug-likeness (QED) is 0.811. The molecule has 0 radical (unpaired) electrons. The molecular formula is C20H21F2NO3. The van der Waals surface area contributed by atoms with Gasteiger partial charge in [0.15, 0.2) is 0 Å². The van der Waals surface area contributed by atoms with Crippen molar-refractivity contribution in [1.82, 2.24) is 4.90 Å². The molecule has 3 rings (SSSR count). The van der Waals surface area contributed by atoms with Crippen molar-refractivity contribution < 1.29 is 23.0 Å². The van der Waals surface area contributed by atoms with Crippen molar-refractivity contribution in [2.75, 3.05) is 26.8 Å². The van der Waals surface area contributed by atoms with E-state index in [1.807, 2.05) is 24.3 Å². The van der Waals surface area contributed by atoms with Crippen LogP contribution in [0.15, 0.2) is 42.5 Å². The molecule has 1 saturated heterocycles. The van der Waals surface area contributed by atoms with Gasteiger partial charge in [0.05, 0.1) is 13.7 Å². The Morgan fingerprint density at radius 2 is 1.77 bits per heavy atom. The van der Waals surface area contributed by atoms with E-state index in [1.165, 1.54) is 11.0 Å². The fourth-order valence-electron chi connectivity index (χ4n) is 3.13. The molecule has 1 amide bonds. The topological polar surface area (TPSA) is 38.8 Å². The van der Waals surface area contributed by atoms with E-state index in [9.17, 15) is 13.6 Å². The molecule has 0 aliphatic carbocycles. The van der Waals surface area contributed by atoms with Gasteiger partial charge in [-0.25, -0.2) is 8.78 Å². The average Bonchev–Trinajstić information content (AvgIpc) is 2.67. The minimum atomic E-state index is -0.827. The Labute approximate surface area is 151 Å². The number of ether oxygens (including phenoxy) is 2. The Balaban J connectivity index is 1.61. The molecule has 6 heteroatoms. The first-order valence-electron chi connectivity index (χ1n) is 8.58. The van der Waals surface area contributed by atoms with Gasteiger partial charge in [0.25, 0.3) is 5.91 Å². The number of piperidine rings is 1. The molecule has 0 bridgehead atoms. The van der Waals surface area contributed by atoms with Gasteiger partial charge in [-0.2, -0.15) is 0 Å². The van der Waals surface area contributed by atoms with Crippen LogP contribution in [0, 0.1) is 17.6 Å². The summed E-state index contributed by atoms with van der Waals surface area (Å²) in [7, 11) is 1.60. The number of hydrogen-bond acceptors (Lipinski definition) is 3. The lowest BCUT2D eigenvalue weighted by molar-refractivity contribution is 0.0624. The SMILES string of the molecule is COc1ccc(OCC2CCCN(C(=O)c3c(F)cccc3F)C2)cc1. The van der Waals surface area contributed by atoms with Gasteiger partial charge in [-0.1, -0.05) is 6.07 Å². The number of amides is 1. The number of carbonyl (C=O) groups excluding carboxylic acids is 1. The maximum atomic E-state index is 13.9. The molecule has 1 aliphatic heterocycles. The predicted molar refractivity (Wildman–Crippen MR) is 93.5 cm³/mol. The highest BCUT2D eigenvalue weighted by Gasteiger charge is 2.28. The molecule has 0 N–H and O–H groups in total. The third kappa shape index (κ3) is 4.12. The number of carbonyl (C=O) groups is 1. The first kappa shape index (κ1) is 18.2. The highest BCUT2D eigenvalue weighted by Crippen LogP contribution is 2.23. The van der Waals surface area contributed by atoms with Crippen LogP contribution in [0.5, 0.6) is 11.5 Å². The fourth-order valence-corrected chi connectivity index (χ4v) is 3.13. The van der Waals surface area contributed by atoms with Crippen LogP contribution in [0.1, 0.15) is 23.2 Å². The molecule has 138 valence electrons. The van der Waals surface area contributed by atoms with E-state index in [0.717, 1.165) is 36.5 Å². The fraction of sp³-hybridized carbons (Fsp3) is 0.350. The molecule has 0 saturated carbocycles. The maximum Gasteiger partial charge on any atom is 0.259 e. The van der Waals surface area contributed by atoms with Crippen LogP contribution in [-0.2, 0) is 0 Å². The zero-order valence-electron chi connectivity index (χ0n) is 14.6. The summed E-state index contributed by atoms with van der Waals surface area (Å²) in [5.74, 6) is -0.675. The van der Waals surface area contributed by atoms with Crippen molar-refractivity contribution >= 4 is 5.91 Å². The van der Waals surface area contributed by atoms with Crippen molar-refractivity contribution in [2.45, 2.75) is 12.8 Å². The highest BCUT2D eigenvalue weighted by molar-refractivity contribution is 5.94. The van der Waals surface area contributed by atoms with Crippen molar-refractivity contribution in [2.24, 2.45) is 5.92 Å². The largest absolute Gasteiger partial charge is 0.497 e. The maximum absolute atomic E-state index is 13.9. The van der Waals surface area contributed by atoms with Gasteiger partial charge in [-0.05, 0) is 49.2 Å². The standard InChI is InChI=1S/C20H21F2NO3/c1-25-15-7-9-16(10-8-15)26-13-14-4-3-11-23(12-14)20(24)19-17(21)5-2-6-18(19)22/h2,5-10,14H,3-4,11-13H2,1H3. The smallest absolute Gasteiger partial charge is 0.259 e. The van der Waals surface area contributed by atoms with Gasteiger partial charge in [-0.3, -0.25) is 4.79 Å². The lowest BCUT2D eigenvalue weighted by atomic mass is 9.98. The molecule has 0 aromatic heterocycles. The van der Waals surface area contributed by atoms with Crippen LogP contribution in [0.25, 0.3) is 0 Å². The van der Waals surface area contributed by atoms with Crippen molar-refractivity contribution in [3.05, 3.63) is 59.7 Å². The van der Waals surface area contributed by atoms with Gasteiger partial charge in [0, 0.05) is 19.0 Å². The van der Waals surface area contributed by atoms with Gasteiger partial charge in [0.2, 0.25) is 0 Å². The predicted octanol–water partition coefficient (Wildman–Crippen LogP) is 3.90. The number of halogens is 2. The van der Waals surface area contributed by atoms with E-state index in [-0.39, 0.29) is 5.92 Å². The molecule has 1 atom stereocenters. The summed E-state index contributed by atoms with van der Waals surface area (Å²) in [6.45, 7) is 1.35. The molecule has 1 fully saturated rings. The minimum Gasteiger partial charge on any atom is -0.497 e. The Hall–Kier alpha value is -2.63. The average molecular weight is 361 g/mol. The lowest BCUT2D eigenvalue weighted by Gasteiger charge is -2.32. The third-order valence-electron chi connectivity index (χ3n) is 4.53. The van der Waals surface area contributed by atoms with E-state index in [1.54, 1.807) is 7.11 Å². The zero-order chi connectivity index (χ0) is 18.5. The summed E-state index contributed by atoms with van der Waals surface area (Å²) in [6.07, 6.45) is 1.68. The van der Waals surface area contributed by atoms with Crippen molar-refractivity contribution in [1.29, 1.82) is 0 Å². The number of rotatable bonds is 5. The zero-order valence-corrected chi connectivity index (χ0v) is 14.6. The van der Waals surface area contributed by atoms with Crippen LogP contribution in [0.4, 0.5) is 8.78 Å². The van der Waals surface area contributed by atoms with Crippen molar-refractivity contribution in [3.63, 3.8) is 0 Å². The summed E-state index contributed by atoms with van der Waals surface area (Å²) in [4.78, 5) is 14.0. The number of hydrogen-bond donors (Lipinski definition) is 0. The van der Waals surface area contributed by atoms with Crippen LogP contribution in [0.3, 0.4) is 0 Å². The molecule has 26 heavy (non-hydrogen) atoms. The first-order chi connectivity index (χ1) is 12.6. The molecule has 2 aromatic rings. The van der Waals surface area contributed by atoms with Crippen LogP contribution < -0.4 is 9.47 Å². The monoisotopic (exact) mass is 361 g/mol. The van der Waals surface area contributed by atoms with E-state index in [2.05, 4.69) is 0 Å². The Morgan fingerprint density at radius 3 is 2.42 bits per heavy atom. The second-order valence-electron chi connectivity index (χ2n) is 6.34. The molecule has 4 nitrogen and oxygen atoms in total. The van der Waals surface area contributed by atoms with Gasteiger partial charge >= 0.3 is 0 Å². The molecular weight excluding hydrogens is 340 g/mol. The Kier molecular flexibility index (Phi) is 5.71. The summed E-state index contributed by atoms with van der Waals surface area (Å²) in [6, 6.07) is 10.7. The van der Waals surface area contributed by atoms with Crippen LogP contribution >= 0.6 is 0 Å². The Morgan fingerprint density at radius 1 is 1.12 bits per heavy atom. The number of methoxy groups -OCH3 is 1. The van der Waals surface area contributed by atoms with Crippen molar-refractivity contribution in [3.8, 4) is 11.5 Å². The first-order valence-corrected chi connectivity index (χ1v) is 8.58. The Bertz CT molecular complexity index is 744. The normalized spacial score (nSPS) is 17.0. The van der Waals surface area contributed by atoms with Gasteiger partial charge in [0.1, 0.15) is 28.7 Å². The lowest BCUT2D eigenvalue weighted by Crippen LogP contribution is -2.42. The van der Waals surface area contributed by atoms with E-state index in [4.69, 9.17) is 9.47 Å². The van der Waals surface area contributed by atoms with E-state index in [0.29, 0.717) is 19.7 Å². The van der Waals surface area contributed by atoms with Gasteiger partial charge < -0.3 is 14.4 Å². The summed E-state index contributed by atoms with van der Waals surface area (Å²) >= 11 is 0. The summed E-state index contributed by atoms with van der Waals surface area (Å²) in [5.41, 5.74) is -0.482. The van der Waals surface area contributed by atoms with E-state index >= 15 is 0 Å². The minimum absolute atomic E-state index is 0.115. The van der Waals surface area contributed by atoms with Crippen LogP contribution in [-0.4, -0.2) is 37.6 Å². The second-order valence-corrected chi connectivity index (χ2v) is 6.34. The third-order valence-corrected chi connectivity index (χ3v) is 4.53. The molecule has 1 heterocycles.